The molecule has 1 aromatic heterocycles. The fourth-order valence-corrected chi connectivity index (χ4v) is 6.23. The molecule has 0 aliphatic carbocycles. The molecule has 0 radical (unpaired) electrons. The zero-order valence-corrected chi connectivity index (χ0v) is 15.0. The quantitative estimate of drug-likeness (QED) is 0.447. The molecule has 102 valence electrons. The molecule has 0 saturated heterocycles. The molecule has 0 amide bonds. The molecule has 2 aromatic carbocycles. The van der Waals surface area contributed by atoms with E-state index in [2.05, 4.69) is 46.9 Å². The average molecular weight is 443 g/mol. The summed E-state index contributed by atoms with van der Waals surface area (Å²) in [5.74, 6) is 1.83. The van der Waals surface area contributed by atoms with Crippen molar-refractivity contribution >= 4 is 46.7 Å². The summed E-state index contributed by atoms with van der Waals surface area (Å²) in [6.45, 7) is 0. The van der Waals surface area contributed by atoms with Crippen molar-refractivity contribution in [2.75, 3.05) is 14.2 Å². The second-order valence-electron chi connectivity index (χ2n) is 4.34. The van der Waals surface area contributed by atoms with Crippen LogP contribution >= 0.6 is 22.6 Å². The first-order valence-electron chi connectivity index (χ1n) is 6.13. The normalized spacial score (nSPS) is 10.8. The molecule has 4 heteroatoms. The van der Waals surface area contributed by atoms with E-state index in [9.17, 15) is 0 Å². The predicted octanol–water partition coefficient (Wildman–Crippen LogP) is 4.19. The van der Waals surface area contributed by atoms with E-state index in [-0.39, 0.29) is 0 Å². The summed E-state index contributed by atoms with van der Waals surface area (Å²) < 4.78 is 14.7. The van der Waals surface area contributed by atoms with E-state index in [1.54, 1.807) is 14.2 Å². The minimum atomic E-state index is 0.328. The molecule has 0 N–H and O–H groups in total. The number of halogens is 1. The third-order valence-electron chi connectivity index (χ3n) is 3.19. The van der Waals surface area contributed by atoms with Crippen LogP contribution in [0, 0.1) is 3.57 Å². The summed E-state index contributed by atoms with van der Waals surface area (Å²) in [6, 6.07) is 14.7. The van der Waals surface area contributed by atoms with Crippen molar-refractivity contribution in [2.45, 2.75) is 0 Å². The first kappa shape index (κ1) is 14.0. The molecule has 3 aromatic rings. The Bertz CT molecular complexity index is 747. The van der Waals surface area contributed by atoms with Crippen LogP contribution in [0.2, 0.25) is 0 Å². The van der Waals surface area contributed by atoms with Gasteiger partial charge in [0, 0.05) is 0 Å². The number of hydrogen-bond donors (Lipinski definition) is 0. The fourth-order valence-electron chi connectivity index (χ4n) is 2.10. The fraction of sp³-hybridized carbons (Fsp3) is 0.125. The van der Waals surface area contributed by atoms with Crippen molar-refractivity contribution in [3.8, 4) is 21.5 Å². The van der Waals surface area contributed by atoms with E-state index < -0.39 is 0 Å². The van der Waals surface area contributed by atoms with Crippen molar-refractivity contribution in [1.29, 1.82) is 0 Å². The Balaban J connectivity index is 2.12. The maximum absolute atomic E-state index is 5.32. The van der Waals surface area contributed by atoms with E-state index >= 15 is 0 Å². The van der Waals surface area contributed by atoms with Gasteiger partial charge in [0.05, 0.1) is 0 Å². The Labute approximate surface area is 137 Å². The first-order chi connectivity index (χ1) is 9.72. The zero-order chi connectivity index (χ0) is 14.1. The van der Waals surface area contributed by atoms with Gasteiger partial charge in [-0.15, -0.1) is 0 Å². The summed E-state index contributed by atoms with van der Waals surface area (Å²) in [5.41, 5.74) is 1.28. The Kier molecular flexibility index (Phi) is 4.06. The van der Waals surface area contributed by atoms with Crippen LogP contribution < -0.4 is 9.47 Å². The van der Waals surface area contributed by atoms with Gasteiger partial charge in [-0.2, -0.15) is 0 Å². The minimum absolute atomic E-state index is 0.328. The molecular formula is C16H13IO2Se. The first-order valence-corrected chi connectivity index (χ1v) is 8.92. The molecule has 2 nitrogen and oxygen atoms in total. The van der Waals surface area contributed by atoms with E-state index in [1.165, 1.54) is 23.2 Å². The standard InChI is InChI=1S/C16H13IO2Se/c1-18-11-5-3-10(4-6-11)16-15(17)13-8-7-12(19-2)9-14(13)20-16/h3-9H,1-2H3. The van der Waals surface area contributed by atoms with E-state index in [0.29, 0.717) is 14.5 Å². The summed E-state index contributed by atoms with van der Waals surface area (Å²) in [7, 11) is 3.41. The topological polar surface area (TPSA) is 18.5 Å². The second-order valence-corrected chi connectivity index (χ2v) is 7.62. The molecule has 0 unspecified atom stereocenters. The molecule has 0 fully saturated rings. The SMILES string of the molecule is COc1ccc(-c2[se]c3cc(OC)ccc3c2I)cc1. The van der Waals surface area contributed by atoms with Gasteiger partial charge >= 0.3 is 138 Å². The van der Waals surface area contributed by atoms with Crippen molar-refractivity contribution < 1.29 is 9.47 Å². The van der Waals surface area contributed by atoms with Gasteiger partial charge in [-0.1, -0.05) is 0 Å². The Hall–Kier alpha value is -0.971. The number of fused-ring (bicyclic) bond motifs is 1. The molecule has 0 saturated carbocycles. The summed E-state index contributed by atoms with van der Waals surface area (Å²) in [5, 5.41) is 1.34. The average Bonchev–Trinajstić information content (AvgIpc) is 2.84. The molecule has 0 bridgehead atoms. The number of ether oxygens (including phenoxy) is 2. The van der Waals surface area contributed by atoms with Crippen LogP contribution in [0.1, 0.15) is 0 Å². The summed E-state index contributed by atoms with van der Waals surface area (Å²) in [6.07, 6.45) is 0. The zero-order valence-electron chi connectivity index (χ0n) is 11.1. The van der Waals surface area contributed by atoms with Crippen LogP contribution in [0.3, 0.4) is 0 Å². The van der Waals surface area contributed by atoms with Gasteiger partial charge in [0.25, 0.3) is 0 Å². The Morgan fingerprint density at radius 2 is 1.55 bits per heavy atom. The number of hydrogen-bond acceptors (Lipinski definition) is 2. The van der Waals surface area contributed by atoms with Gasteiger partial charge in [-0.3, -0.25) is 0 Å². The van der Waals surface area contributed by atoms with Crippen LogP contribution in [0.5, 0.6) is 11.5 Å². The van der Waals surface area contributed by atoms with E-state index in [4.69, 9.17) is 9.47 Å². The van der Waals surface area contributed by atoms with Crippen LogP contribution in [0.25, 0.3) is 19.6 Å². The van der Waals surface area contributed by atoms with Crippen molar-refractivity contribution in [3.05, 3.63) is 46.0 Å². The predicted molar refractivity (Wildman–Crippen MR) is 92.1 cm³/mol. The molecule has 0 aliphatic rings. The molecule has 20 heavy (non-hydrogen) atoms. The molecule has 0 atom stereocenters. The molecule has 0 spiro atoms. The van der Waals surface area contributed by atoms with E-state index in [0.717, 1.165) is 11.5 Å². The number of benzene rings is 2. The van der Waals surface area contributed by atoms with Crippen molar-refractivity contribution in [3.63, 3.8) is 0 Å². The molecule has 0 aliphatic heterocycles. The van der Waals surface area contributed by atoms with E-state index in [1.807, 2.05) is 18.2 Å². The molecular weight excluding hydrogens is 430 g/mol. The second kappa shape index (κ2) is 5.80. The van der Waals surface area contributed by atoms with Crippen LogP contribution in [0.4, 0.5) is 0 Å². The van der Waals surface area contributed by atoms with Crippen molar-refractivity contribution in [2.24, 2.45) is 0 Å². The summed E-state index contributed by atoms with van der Waals surface area (Å²) >= 11 is 2.78. The molecule has 3 rings (SSSR count). The van der Waals surface area contributed by atoms with Crippen LogP contribution in [-0.4, -0.2) is 28.7 Å². The maximum atomic E-state index is 5.32. The van der Waals surface area contributed by atoms with Crippen LogP contribution in [0.15, 0.2) is 42.5 Å². The number of methoxy groups -OCH3 is 2. The third kappa shape index (κ3) is 2.48. The third-order valence-corrected chi connectivity index (χ3v) is 7.65. The van der Waals surface area contributed by atoms with Gasteiger partial charge in [0.15, 0.2) is 0 Å². The Morgan fingerprint density at radius 3 is 2.20 bits per heavy atom. The van der Waals surface area contributed by atoms with Gasteiger partial charge in [-0.25, -0.2) is 0 Å². The number of rotatable bonds is 3. The van der Waals surface area contributed by atoms with Crippen molar-refractivity contribution in [1.82, 2.24) is 0 Å². The van der Waals surface area contributed by atoms with Gasteiger partial charge < -0.3 is 0 Å². The monoisotopic (exact) mass is 444 g/mol. The Morgan fingerprint density at radius 1 is 0.900 bits per heavy atom. The van der Waals surface area contributed by atoms with Gasteiger partial charge in [0.2, 0.25) is 0 Å². The van der Waals surface area contributed by atoms with Gasteiger partial charge in [0.1, 0.15) is 0 Å². The van der Waals surface area contributed by atoms with Crippen LogP contribution in [-0.2, 0) is 0 Å². The molecule has 1 heterocycles. The van der Waals surface area contributed by atoms with Gasteiger partial charge in [-0.05, 0) is 0 Å². The summed E-state index contributed by atoms with van der Waals surface area (Å²) in [4.78, 5) is 0.